The van der Waals surface area contributed by atoms with E-state index in [1.54, 1.807) is 12.4 Å². The molecule has 1 N–H and O–H groups in total. The molecule has 8 heteroatoms. The van der Waals surface area contributed by atoms with Crippen LogP contribution in [-0.2, 0) is 18.4 Å². The Labute approximate surface area is 191 Å². The first-order chi connectivity index (χ1) is 15.6. The van der Waals surface area contributed by atoms with Gasteiger partial charge in [-0.1, -0.05) is 0 Å². The number of nitrogens with one attached hydrogen (secondary N) is 1. The number of carbonyl (C=O) groups excluding carboxylic acids is 1. The van der Waals surface area contributed by atoms with Crippen LogP contribution in [0.5, 0.6) is 5.75 Å². The first-order valence-electron chi connectivity index (χ1n) is 11.8. The predicted octanol–water partition coefficient (Wildman–Crippen LogP) is 1.93. The maximum absolute atomic E-state index is 13.1. The van der Waals surface area contributed by atoms with E-state index in [9.17, 15) is 4.79 Å². The van der Waals surface area contributed by atoms with E-state index in [0.29, 0.717) is 12.6 Å². The molecule has 2 aromatic rings. The Balaban J connectivity index is 1.34. The molecule has 2 aromatic heterocycles. The predicted molar refractivity (Wildman–Crippen MR) is 123 cm³/mol. The summed E-state index contributed by atoms with van der Waals surface area (Å²) in [5, 5.41) is 3.22. The Kier molecular flexibility index (Phi) is 7.76. The van der Waals surface area contributed by atoms with Gasteiger partial charge in [-0.3, -0.25) is 14.7 Å². The molecule has 0 radical (unpaired) electrons. The van der Waals surface area contributed by atoms with Crippen molar-refractivity contribution in [2.45, 2.75) is 38.3 Å². The number of imidazole rings is 1. The highest BCUT2D eigenvalue weighted by molar-refractivity contribution is 5.79. The van der Waals surface area contributed by atoms with Crippen molar-refractivity contribution in [3.63, 3.8) is 0 Å². The number of aryl methyl sites for hydroxylation is 1. The molecule has 0 aliphatic carbocycles. The SMILES string of the molecule is CN1CCCC1CCNC(=O)[C@@H]1C[C@H](COc2cccnc2)CN(Cc2nccn2C)C1. The van der Waals surface area contributed by atoms with E-state index in [4.69, 9.17) is 4.74 Å². The summed E-state index contributed by atoms with van der Waals surface area (Å²) in [6.07, 6.45) is 11.6. The molecule has 0 aromatic carbocycles. The molecular formula is C24H36N6O2. The van der Waals surface area contributed by atoms with Gasteiger partial charge in [0.1, 0.15) is 11.6 Å². The highest BCUT2D eigenvalue weighted by atomic mass is 16.5. The maximum atomic E-state index is 13.1. The Morgan fingerprint density at radius 2 is 2.19 bits per heavy atom. The minimum absolute atomic E-state index is 0.0344. The molecule has 4 rings (SSSR count). The van der Waals surface area contributed by atoms with Crippen LogP contribution in [0.2, 0.25) is 0 Å². The van der Waals surface area contributed by atoms with Crippen LogP contribution in [0.1, 0.15) is 31.5 Å². The van der Waals surface area contributed by atoms with E-state index in [0.717, 1.165) is 50.6 Å². The molecule has 0 saturated carbocycles. The molecule has 32 heavy (non-hydrogen) atoms. The van der Waals surface area contributed by atoms with E-state index >= 15 is 0 Å². The van der Waals surface area contributed by atoms with Crippen LogP contribution < -0.4 is 10.1 Å². The smallest absolute Gasteiger partial charge is 0.224 e. The van der Waals surface area contributed by atoms with E-state index in [-0.39, 0.29) is 17.7 Å². The third-order valence-electron chi connectivity index (χ3n) is 6.84. The maximum Gasteiger partial charge on any atom is 0.224 e. The van der Waals surface area contributed by atoms with Gasteiger partial charge in [-0.15, -0.1) is 0 Å². The second-order valence-corrected chi connectivity index (χ2v) is 9.30. The summed E-state index contributed by atoms with van der Waals surface area (Å²) in [4.78, 5) is 26.4. The van der Waals surface area contributed by atoms with Crippen LogP contribution >= 0.6 is 0 Å². The molecule has 8 nitrogen and oxygen atoms in total. The third-order valence-corrected chi connectivity index (χ3v) is 6.84. The molecule has 0 bridgehead atoms. The zero-order chi connectivity index (χ0) is 22.3. The Morgan fingerprint density at radius 1 is 1.28 bits per heavy atom. The standard InChI is InChI=1S/C24H36N6O2/c1-28-11-4-5-21(28)7-9-27-24(31)20-13-19(18-32-22-6-3-8-25-14-22)15-30(16-20)17-23-26-10-12-29(23)2/h3,6,8,10,12,14,19-21H,4-5,7,9,11,13,15-18H2,1-2H3,(H,27,31)/t19-,20+,21?/m0/s1. The van der Waals surface area contributed by atoms with Gasteiger partial charge in [-0.2, -0.15) is 0 Å². The van der Waals surface area contributed by atoms with Crippen LogP contribution in [0.3, 0.4) is 0 Å². The number of likely N-dealkylation sites (tertiary alicyclic amines) is 2. The summed E-state index contributed by atoms with van der Waals surface area (Å²) in [6, 6.07) is 4.40. The van der Waals surface area contributed by atoms with Gasteiger partial charge in [-0.05, 0) is 51.4 Å². The van der Waals surface area contributed by atoms with Gasteiger partial charge >= 0.3 is 0 Å². The summed E-state index contributed by atoms with van der Waals surface area (Å²) in [6.45, 7) is 4.89. The lowest BCUT2D eigenvalue weighted by atomic mass is 9.88. The Morgan fingerprint density at radius 3 is 2.91 bits per heavy atom. The average molecular weight is 441 g/mol. The Bertz CT molecular complexity index is 857. The summed E-state index contributed by atoms with van der Waals surface area (Å²) < 4.78 is 8.04. The molecule has 1 amide bonds. The second kappa shape index (κ2) is 10.9. The van der Waals surface area contributed by atoms with Crippen molar-refractivity contribution >= 4 is 5.91 Å². The number of hydrogen-bond donors (Lipinski definition) is 1. The lowest BCUT2D eigenvalue weighted by Gasteiger charge is -2.37. The lowest BCUT2D eigenvalue weighted by molar-refractivity contribution is -0.127. The first-order valence-corrected chi connectivity index (χ1v) is 11.8. The number of hydrogen-bond acceptors (Lipinski definition) is 6. The molecule has 2 aliphatic heterocycles. The van der Waals surface area contributed by atoms with Crippen molar-refractivity contribution in [2.24, 2.45) is 18.9 Å². The van der Waals surface area contributed by atoms with Crippen LogP contribution in [-0.4, -0.2) is 76.1 Å². The molecule has 3 atom stereocenters. The minimum atomic E-state index is -0.0344. The fourth-order valence-corrected chi connectivity index (χ4v) is 4.99. The number of rotatable bonds is 9. The van der Waals surface area contributed by atoms with Crippen LogP contribution in [0.15, 0.2) is 36.9 Å². The van der Waals surface area contributed by atoms with Gasteiger partial charge < -0.3 is 19.5 Å². The van der Waals surface area contributed by atoms with Crippen molar-refractivity contribution in [2.75, 3.05) is 39.8 Å². The molecular weight excluding hydrogens is 404 g/mol. The number of piperidine rings is 1. The van der Waals surface area contributed by atoms with E-state index in [1.165, 1.54) is 19.4 Å². The van der Waals surface area contributed by atoms with Gasteiger partial charge in [0.25, 0.3) is 0 Å². The van der Waals surface area contributed by atoms with Gasteiger partial charge in [0.15, 0.2) is 0 Å². The molecule has 0 spiro atoms. The quantitative estimate of drug-likeness (QED) is 0.642. The van der Waals surface area contributed by atoms with Crippen LogP contribution in [0, 0.1) is 11.8 Å². The number of nitrogens with zero attached hydrogens (tertiary/aromatic N) is 5. The second-order valence-electron chi connectivity index (χ2n) is 9.30. The summed E-state index contributed by atoms with van der Waals surface area (Å²) in [7, 11) is 4.20. The van der Waals surface area contributed by atoms with Gasteiger partial charge in [0.05, 0.1) is 25.3 Å². The van der Waals surface area contributed by atoms with Crippen LogP contribution in [0.25, 0.3) is 0 Å². The highest BCUT2D eigenvalue weighted by Gasteiger charge is 2.32. The number of ether oxygens (including phenoxy) is 1. The van der Waals surface area contributed by atoms with Crippen LogP contribution in [0.4, 0.5) is 0 Å². The molecule has 2 aliphatic rings. The molecule has 2 fully saturated rings. The zero-order valence-corrected chi connectivity index (χ0v) is 19.3. The van der Waals surface area contributed by atoms with E-state index in [2.05, 4.69) is 32.1 Å². The molecule has 174 valence electrons. The highest BCUT2D eigenvalue weighted by Crippen LogP contribution is 2.25. The monoisotopic (exact) mass is 440 g/mol. The number of amides is 1. The minimum Gasteiger partial charge on any atom is -0.492 e. The topological polar surface area (TPSA) is 75.5 Å². The Hall–Kier alpha value is -2.45. The normalized spacial score (nSPS) is 24.5. The number of carbonyl (C=O) groups is 1. The first kappa shape index (κ1) is 22.7. The van der Waals surface area contributed by atoms with Crippen molar-refractivity contribution in [1.82, 2.24) is 29.7 Å². The summed E-state index contributed by atoms with van der Waals surface area (Å²) in [5.41, 5.74) is 0. The average Bonchev–Trinajstić information content (AvgIpc) is 3.40. The van der Waals surface area contributed by atoms with Crippen molar-refractivity contribution in [1.29, 1.82) is 0 Å². The van der Waals surface area contributed by atoms with Gasteiger partial charge in [0.2, 0.25) is 5.91 Å². The lowest BCUT2D eigenvalue weighted by Crippen LogP contribution is -2.48. The van der Waals surface area contributed by atoms with Gasteiger partial charge in [0, 0.05) is 57.2 Å². The van der Waals surface area contributed by atoms with E-state index < -0.39 is 0 Å². The number of aromatic nitrogens is 3. The van der Waals surface area contributed by atoms with Crippen molar-refractivity contribution in [3.05, 3.63) is 42.7 Å². The zero-order valence-electron chi connectivity index (χ0n) is 19.3. The largest absolute Gasteiger partial charge is 0.492 e. The molecule has 1 unspecified atom stereocenters. The van der Waals surface area contributed by atoms with Crippen molar-refractivity contribution < 1.29 is 9.53 Å². The van der Waals surface area contributed by atoms with Gasteiger partial charge in [-0.25, -0.2) is 4.98 Å². The van der Waals surface area contributed by atoms with E-state index in [1.807, 2.05) is 36.1 Å². The number of pyridine rings is 1. The molecule has 4 heterocycles. The fourth-order valence-electron chi connectivity index (χ4n) is 4.99. The summed E-state index contributed by atoms with van der Waals surface area (Å²) in [5.74, 6) is 2.20. The van der Waals surface area contributed by atoms with Crippen molar-refractivity contribution in [3.8, 4) is 5.75 Å². The molecule has 2 saturated heterocycles. The fraction of sp³-hybridized carbons (Fsp3) is 0.625. The summed E-state index contributed by atoms with van der Waals surface area (Å²) >= 11 is 0. The third kappa shape index (κ3) is 6.07.